The Morgan fingerprint density at radius 3 is 2.71 bits per heavy atom. The lowest BCUT2D eigenvalue weighted by molar-refractivity contribution is -0.142. The maximum Gasteiger partial charge on any atom is 0.408 e. The molecule has 0 N–H and O–H groups in total. The Morgan fingerprint density at radius 1 is 1.57 bits per heavy atom. The number of hydrogen-bond donors (Lipinski definition) is 0. The van der Waals surface area contributed by atoms with Crippen molar-refractivity contribution in [3.8, 4) is 0 Å². The molecule has 0 amide bonds. The lowest BCUT2D eigenvalue weighted by Crippen LogP contribution is -2.21. The summed E-state index contributed by atoms with van der Waals surface area (Å²) in [6.07, 6.45) is -2.93. The number of alkyl halides is 3. The highest BCUT2D eigenvalue weighted by atomic mass is 19.4. The average Bonchev–Trinajstić information content (AvgIpc) is 2.48. The van der Waals surface area contributed by atoms with Crippen molar-refractivity contribution < 1.29 is 13.2 Å². The summed E-state index contributed by atoms with van der Waals surface area (Å²) in [5.74, 6) is 0. The van der Waals surface area contributed by atoms with Crippen LogP contribution in [-0.2, 0) is 6.54 Å². The van der Waals surface area contributed by atoms with Crippen molar-refractivity contribution in [2.75, 3.05) is 7.05 Å². The van der Waals surface area contributed by atoms with Gasteiger partial charge in [-0.05, 0) is 13.0 Å². The largest absolute Gasteiger partial charge is 0.408 e. The summed E-state index contributed by atoms with van der Waals surface area (Å²) in [4.78, 5) is 3.81. The number of aliphatic imine (C=N–C) groups is 1. The highest BCUT2D eigenvalue weighted by Crippen LogP contribution is 2.18. The molecule has 0 spiro atoms. The van der Waals surface area contributed by atoms with E-state index >= 15 is 0 Å². The molecule has 0 saturated carbocycles. The molecule has 0 aliphatic rings. The second kappa shape index (κ2) is 3.81. The summed E-state index contributed by atoms with van der Waals surface area (Å²) in [5.41, 5.74) is 0.927. The molecule has 0 aliphatic carbocycles. The minimum Gasteiger partial charge on any atom is -0.291 e. The first-order valence-electron chi connectivity index (χ1n) is 3.96. The van der Waals surface area contributed by atoms with E-state index in [4.69, 9.17) is 0 Å². The fourth-order valence-electron chi connectivity index (χ4n) is 1.05. The van der Waals surface area contributed by atoms with Gasteiger partial charge in [-0.15, -0.1) is 0 Å². The highest BCUT2D eigenvalue weighted by Gasteiger charge is 2.29. The summed E-state index contributed by atoms with van der Waals surface area (Å²) in [6, 6.07) is 1.51. The van der Waals surface area contributed by atoms with Crippen LogP contribution in [-0.4, -0.2) is 28.7 Å². The van der Waals surface area contributed by atoms with Crippen LogP contribution in [0.5, 0.6) is 0 Å². The molecule has 0 aromatic carbocycles. The highest BCUT2D eigenvalue weighted by molar-refractivity contribution is 5.97. The smallest absolute Gasteiger partial charge is 0.291 e. The van der Waals surface area contributed by atoms with E-state index in [0.29, 0.717) is 11.4 Å². The first-order valence-corrected chi connectivity index (χ1v) is 3.96. The number of aromatic nitrogens is 2. The van der Waals surface area contributed by atoms with Gasteiger partial charge in [-0.3, -0.25) is 9.67 Å². The van der Waals surface area contributed by atoms with Crippen LogP contribution in [0.25, 0.3) is 0 Å². The van der Waals surface area contributed by atoms with Gasteiger partial charge in [0.1, 0.15) is 6.54 Å². The predicted molar refractivity (Wildman–Crippen MR) is 46.4 cm³/mol. The lowest BCUT2D eigenvalue weighted by atomic mass is 10.3. The minimum atomic E-state index is -4.26. The van der Waals surface area contributed by atoms with E-state index in [2.05, 4.69) is 10.1 Å². The summed E-state index contributed by atoms with van der Waals surface area (Å²) in [6.45, 7) is 0.562. The van der Waals surface area contributed by atoms with Crippen LogP contribution < -0.4 is 0 Å². The molecule has 14 heavy (non-hydrogen) atoms. The number of halogens is 3. The van der Waals surface area contributed by atoms with Gasteiger partial charge in [0.15, 0.2) is 0 Å². The van der Waals surface area contributed by atoms with Crippen molar-refractivity contribution in [1.82, 2.24) is 9.78 Å². The molecular formula is C8H10F3N3. The second-order valence-corrected chi connectivity index (χ2v) is 2.80. The summed E-state index contributed by atoms with van der Waals surface area (Å²) in [7, 11) is 1.53. The molecule has 0 saturated heterocycles. The SMILES string of the molecule is CN=C(C)c1ccnn1CC(F)(F)F. The van der Waals surface area contributed by atoms with E-state index in [1.54, 1.807) is 6.92 Å². The van der Waals surface area contributed by atoms with Crippen LogP contribution in [0.3, 0.4) is 0 Å². The summed E-state index contributed by atoms with van der Waals surface area (Å²) >= 11 is 0. The van der Waals surface area contributed by atoms with Gasteiger partial charge in [-0.25, -0.2) is 0 Å². The van der Waals surface area contributed by atoms with Crippen molar-refractivity contribution in [3.05, 3.63) is 18.0 Å². The van der Waals surface area contributed by atoms with Gasteiger partial charge >= 0.3 is 6.18 Å². The molecule has 1 heterocycles. The van der Waals surface area contributed by atoms with Crippen LogP contribution in [0, 0.1) is 0 Å². The van der Waals surface area contributed by atoms with Gasteiger partial charge in [0, 0.05) is 13.2 Å². The third-order valence-corrected chi connectivity index (χ3v) is 1.75. The fraction of sp³-hybridized carbons (Fsp3) is 0.500. The van der Waals surface area contributed by atoms with E-state index in [1.165, 1.54) is 19.3 Å². The summed E-state index contributed by atoms with van der Waals surface area (Å²) < 4.78 is 37.1. The zero-order chi connectivity index (χ0) is 10.8. The Morgan fingerprint density at radius 2 is 2.21 bits per heavy atom. The second-order valence-electron chi connectivity index (χ2n) is 2.80. The first kappa shape index (κ1) is 10.7. The molecule has 78 valence electrons. The van der Waals surface area contributed by atoms with Gasteiger partial charge in [0.05, 0.1) is 11.4 Å². The Hall–Kier alpha value is -1.33. The molecule has 0 fully saturated rings. The molecule has 1 aromatic rings. The van der Waals surface area contributed by atoms with Crippen LogP contribution in [0.2, 0.25) is 0 Å². The quantitative estimate of drug-likeness (QED) is 0.678. The molecule has 0 aliphatic heterocycles. The van der Waals surface area contributed by atoms with Gasteiger partial charge in [0.2, 0.25) is 0 Å². The molecule has 6 heteroatoms. The van der Waals surface area contributed by atoms with Crippen molar-refractivity contribution in [2.45, 2.75) is 19.6 Å². The third kappa shape index (κ3) is 2.58. The Kier molecular flexibility index (Phi) is 2.93. The van der Waals surface area contributed by atoms with Crippen LogP contribution in [0.4, 0.5) is 13.2 Å². The van der Waals surface area contributed by atoms with E-state index < -0.39 is 12.7 Å². The molecule has 0 bridgehead atoms. The monoisotopic (exact) mass is 205 g/mol. The van der Waals surface area contributed by atoms with Crippen molar-refractivity contribution in [2.24, 2.45) is 4.99 Å². The molecular weight excluding hydrogens is 195 g/mol. The van der Waals surface area contributed by atoms with Gasteiger partial charge < -0.3 is 0 Å². The number of nitrogens with zero attached hydrogens (tertiary/aromatic N) is 3. The standard InChI is InChI=1S/C8H10F3N3/c1-6(12-2)7-3-4-13-14(7)5-8(9,10)11/h3-4H,5H2,1-2H3. The van der Waals surface area contributed by atoms with E-state index in [1.807, 2.05) is 0 Å². The topological polar surface area (TPSA) is 30.2 Å². The maximum absolute atomic E-state index is 12.1. The van der Waals surface area contributed by atoms with Gasteiger partial charge in [-0.1, -0.05) is 0 Å². The molecule has 1 rings (SSSR count). The predicted octanol–water partition coefficient (Wildman–Crippen LogP) is 1.88. The molecule has 0 radical (unpaired) electrons. The first-order chi connectivity index (χ1) is 6.44. The van der Waals surface area contributed by atoms with Crippen molar-refractivity contribution in [1.29, 1.82) is 0 Å². The zero-order valence-electron chi connectivity index (χ0n) is 7.84. The third-order valence-electron chi connectivity index (χ3n) is 1.75. The van der Waals surface area contributed by atoms with Crippen LogP contribution in [0.15, 0.2) is 17.3 Å². The Labute approximate surface area is 79.3 Å². The number of rotatable bonds is 2. The zero-order valence-corrected chi connectivity index (χ0v) is 7.84. The normalized spacial score (nSPS) is 13.4. The lowest BCUT2D eigenvalue weighted by Gasteiger charge is -2.09. The van der Waals surface area contributed by atoms with E-state index in [0.717, 1.165) is 4.68 Å². The molecule has 1 aromatic heterocycles. The van der Waals surface area contributed by atoms with Gasteiger partial charge in [0.25, 0.3) is 0 Å². The Balaban J connectivity index is 2.94. The minimum absolute atomic E-state index is 0.393. The van der Waals surface area contributed by atoms with Crippen LogP contribution >= 0.6 is 0 Å². The molecule has 0 atom stereocenters. The van der Waals surface area contributed by atoms with E-state index in [-0.39, 0.29) is 0 Å². The van der Waals surface area contributed by atoms with Crippen molar-refractivity contribution in [3.63, 3.8) is 0 Å². The summed E-state index contributed by atoms with van der Waals surface area (Å²) in [5, 5.41) is 3.59. The van der Waals surface area contributed by atoms with E-state index in [9.17, 15) is 13.2 Å². The Bertz CT molecular complexity index is 338. The van der Waals surface area contributed by atoms with Crippen LogP contribution in [0.1, 0.15) is 12.6 Å². The fourth-order valence-corrected chi connectivity index (χ4v) is 1.05. The molecule has 0 unspecified atom stereocenters. The van der Waals surface area contributed by atoms with Crippen molar-refractivity contribution >= 4 is 5.71 Å². The number of hydrogen-bond acceptors (Lipinski definition) is 2. The average molecular weight is 205 g/mol. The maximum atomic E-state index is 12.1. The molecule has 3 nitrogen and oxygen atoms in total. The van der Waals surface area contributed by atoms with Gasteiger partial charge in [-0.2, -0.15) is 18.3 Å².